The average Bonchev–Trinajstić information content (AvgIpc) is 2.95. The third-order valence-electron chi connectivity index (χ3n) is 4.33. The van der Waals surface area contributed by atoms with Crippen molar-refractivity contribution in [2.45, 2.75) is 76.4 Å². The summed E-state index contributed by atoms with van der Waals surface area (Å²) < 4.78 is 11.2. The maximum absolute atomic E-state index is 12.1. The van der Waals surface area contributed by atoms with Gasteiger partial charge in [-0.3, -0.25) is 0 Å². The lowest BCUT2D eigenvalue weighted by Crippen LogP contribution is -2.36. The summed E-state index contributed by atoms with van der Waals surface area (Å²) in [5, 5.41) is 0. The Morgan fingerprint density at radius 2 is 1.71 bits per heavy atom. The molecule has 0 radical (unpaired) electrons. The van der Waals surface area contributed by atoms with Crippen LogP contribution < -0.4 is 0 Å². The van der Waals surface area contributed by atoms with Gasteiger partial charge in [-0.1, -0.05) is 39.0 Å². The Balaban J connectivity index is 2.08. The van der Waals surface area contributed by atoms with E-state index < -0.39 is 5.60 Å². The van der Waals surface area contributed by atoms with Crippen molar-refractivity contribution in [3.63, 3.8) is 0 Å². The normalized spacial score (nSPS) is 31.6. The van der Waals surface area contributed by atoms with E-state index >= 15 is 0 Å². The first-order chi connectivity index (χ1) is 8.21. The Labute approximate surface area is 104 Å². The number of esters is 1. The van der Waals surface area contributed by atoms with Crippen LogP contribution in [0, 0.1) is 0 Å². The Kier molecular flexibility index (Phi) is 3.76. The molecule has 1 unspecified atom stereocenters. The van der Waals surface area contributed by atoms with Gasteiger partial charge in [0.05, 0.1) is 6.61 Å². The molecular weight excluding hydrogens is 216 g/mol. The van der Waals surface area contributed by atoms with Gasteiger partial charge in [-0.2, -0.15) is 0 Å². The first-order valence-electron chi connectivity index (χ1n) is 7.08. The van der Waals surface area contributed by atoms with Crippen molar-refractivity contribution in [1.82, 2.24) is 0 Å². The smallest absolute Gasteiger partial charge is 0.341 e. The standard InChI is InChI=1S/C14H24O3/c1-3-14(12(15)16-4-2)13(17-14)10-8-6-5-7-9-11-13/h3-11H2,1-2H3. The fourth-order valence-corrected chi connectivity index (χ4v) is 3.30. The van der Waals surface area contributed by atoms with Crippen molar-refractivity contribution < 1.29 is 14.3 Å². The van der Waals surface area contributed by atoms with Crippen molar-refractivity contribution in [1.29, 1.82) is 0 Å². The van der Waals surface area contributed by atoms with Crippen molar-refractivity contribution in [3.05, 3.63) is 0 Å². The second kappa shape index (κ2) is 4.97. The highest BCUT2D eigenvalue weighted by atomic mass is 16.7. The molecular formula is C14H24O3. The van der Waals surface area contributed by atoms with E-state index in [1.807, 2.05) is 13.8 Å². The number of carbonyl (C=O) groups is 1. The van der Waals surface area contributed by atoms with Crippen LogP contribution in [0.5, 0.6) is 0 Å². The molecule has 1 heterocycles. The lowest BCUT2D eigenvalue weighted by atomic mass is 9.80. The van der Waals surface area contributed by atoms with Crippen molar-refractivity contribution >= 4 is 5.97 Å². The number of hydrogen-bond donors (Lipinski definition) is 0. The topological polar surface area (TPSA) is 38.8 Å². The van der Waals surface area contributed by atoms with Gasteiger partial charge in [0.1, 0.15) is 5.60 Å². The summed E-state index contributed by atoms with van der Waals surface area (Å²) >= 11 is 0. The Bertz CT molecular complexity index is 279. The van der Waals surface area contributed by atoms with E-state index in [9.17, 15) is 4.79 Å². The number of hydrogen-bond acceptors (Lipinski definition) is 3. The third kappa shape index (κ3) is 2.10. The lowest BCUT2D eigenvalue weighted by Gasteiger charge is -2.20. The molecule has 0 aromatic rings. The van der Waals surface area contributed by atoms with Gasteiger partial charge in [-0.05, 0) is 26.2 Å². The minimum atomic E-state index is -0.611. The van der Waals surface area contributed by atoms with Crippen LogP contribution in [0.15, 0.2) is 0 Å². The highest BCUT2D eigenvalue weighted by Crippen LogP contribution is 2.57. The zero-order chi connectivity index (χ0) is 12.4. The van der Waals surface area contributed by atoms with Crippen LogP contribution in [0.25, 0.3) is 0 Å². The van der Waals surface area contributed by atoms with Crippen LogP contribution >= 0.6 is 0 Å². The first-order valence-corrected chi connectivity index (χ1v) is 7.08. The van der Waals surface area contributed by atoms with E-state index in [1.54, 1.807) is 0 Å². The Morgan fingerprint density at radius 3 is 2.24 bits per heavy atom. The van der Waals surface area contributed by atoms with Gasteiger partial charge in [0, 0.05) is 0 Å². The molecule has 17 heavy (non-hydrogen) atoms. The summed E-state index contributed by atoms with van der Waals surface area (Å²) in [5.41, 5.74) is -0.797. The quantitative estimate of drug-likeness (QED) is 0.561. The molecule has 1 aliphatic heterocycles. The lowest BCUT2D eigenvalue weighted by molar-refractivity contribution is -0.149. The molecule has 0 aromatic carbocycles. The van der Waals surface area contributed by atoms with E-state index in [4.69, 9.17) is 9.47 Å². The summed E-state index contributed by atoms with van der Waals surface area (Å²) in [4.78, 5) is 12.1. The number of ether oxygens (including phenoxy) is 2. The van der Waals surface area contributed by atoms with E-state index in [2.05, 4.69) is 0 Å². The largest absolute Gasteiger partial charge is 0.464 e. The minimum Gasteiger partial charge on any atom is -0.464 e. The van der Waals surface area contributed by atoms with Gasteiger partial charge in [0.2, 0.25) is 0 Å². The number of carbonyl (C=O) groups excluding carboxylic acids is 1. The molecule has 1 saturated carbocycles. The van der Waals surface area contributed by atoms with Crippen molar-refractivity contribution in [3.8, 4) is 0 Å². The summed E-state index contributed by atoms with van der Waals surface area (Å²) in [6, 6.07) is 0. The molecule has 0 N–H and O–H groups in total. The third-order valence-corrected chi connectivity index (χ3v) is 4.33. The Hall–Kier alpha value is -0.570. The molecule has 1 spiro atoms. The number of epoxide rings is 1. The maximum atomic E-state index is 12.1. The van der Waals surface area contributed by atoms with E-state index in [0.717, 1.165) is 19.3 Å². The second-order valence-electron chi connectivity index (χ2n) is 5.27. The molecule has 0 bridgehead atoms. The molecule has 2 aliphatic rings. The van der Waals surface area contributed by atoms with Crippen LogP contribution in [0.2, 0.25) is 0 Å². The van der Waals surface area contributed by atoms with Crippen LogP contribution in [0.4, 0.5) is 0 Å². The second-order valence-corrected chi connectivity index (χ2v) is 5.27. The van der Waals surface area contributed by atoms with Crippen molar-refractivity contribution in [2.75, 3.05) is 6.61 Å². The van der Waals surface area contributed by atoms with Crippen LogP contribution in [0.3, 0.4) is 0 Å². The van der Waals surface area contributed by atoms with Gasteiger partial charge in [-0.25, -0.2) is 4.79 Å². The molecule has 1 saturated heterocycles. The van der Waals surface area contributed by atoms with E-state index in [1.165, 1.54) is 32.1 Å². The molecule has 1 atom stereocenters. The predicted octanol–water partition coefficient (Wildman–Crippen LogP) is 3.21. The first kappa shape index (κ1) is 12.9. The molecule has 0 amide bonds. The van der Waals surface area contributed by atoms with Crippen LogP contribution in [0.1, 0.15) is 65.2 Å². The molecule has 98 valence electrons. The molecule has 2 fully saturated rings. The van der Waals surface area contributed by atoms with Gasteiger partial charge in [0.15, 0.2) is 5.60 Å². The van der Waals surface area contributed by atoms with Crippen molar-refractivity contribution in [2.24, 2.45) is 0 Å². The molecule has 2 rings (SSSR count). The fourth-order valence-electron chi connectivity index (χ4n) is 3.30. The number of rotatable bonds is 3. The highest BCUT2D eigenvalue weighted by molar-refractivity contribution is 5.84. The van der Waals surface area contributed by atoms with Gasteiger partial charge in [-0.15, -0.1) is 0 Å². The van der Waals surface area contributed by atoms with E-state index in [-0.39, 0.29) is 11.6 Å². The zero-order valence-corrected chi connectivity index (χ0v) is 11.1. The van der Waals surface area contributed by atoms with Crippen LogP contribution in [-0.4, -0.2) is 23.8 Å². The fraction of sp³-hybridized carbons (Fsp3) is 0.929. The zero-order valence-electron chi connectivity index (χ0n) is 11.1. The molecule has 0 aromatic heterocycles. The monoisotopic (exact) mass is 240 g/mol. The summed E-state index contributed by atoms with van der Waals surface area (Å²) in [6.07, 6.45) is 9.03. The highest BCUT2D eigenvalue weighted by Gasteiger charge is 2.73. The van der Waals surface area contributed by atoms with Gasteiger partial charge < -0.3 is 9.47 Å². The molecule has 3 nitrogen and oxygen atoms in total. The summed E-state index contributed by atoms with van der Waals surface area (Å²) in [6.45, 7) is 4.33. The summed E-state index contributed by atoms with van der Waals surface area (Å²) in [7, 11) is 0. The van der Waals surface area contributed by atoms with Gasteiger partial charge >= 0.3 is 5.97 Å². The minimum absolute atomic E-state index is 0.136. The Morgan fingerprint density at radius 1 is 1.12 bits per heavy atom. The maximum Gasteiger partial charge on any atom is 0.341 e. The predicted molar refractivity (Wildman–Crippen MR) is 65.8 cm³/mol. The summed E-state index contributed by atoms with van der Waals surface area (Å²) in [5.74, 6) is -0.136. The molecule has 3 heteroatoms. The van der Waals surface area contributed by atoms with E-state index in [0.29, 0.717) is 6.61 Å². The SMILES string of the molecule is CCOC(=O)C1(CC)OC12CCCCCCC2. The molecule has 1 aliphatic carbocycles. The van der Waals surface area contributed by atoms with Crippen LogP contribution in [-0.2, 0) is 14.3 Å². The average molecular weight is 240 g/mol. The van der Waals surface area contributed by atoms with Gasteiger partial charge in [0.25, 0.3) is 0 Å².